The van der Waals surface area contributed by atoms with E-state index in [0.717, 1.165) is 35.3 Å². The number of phenols is 1. The van der Waals surface area contributed by atoms with Crippen LogP contribution in [-0.2, 0) is 6.54 Å². The molecule has 2 N–H and O–H groups in total. The Morgan fingerprint density at radius 1 is 1.07 bits per heavy atom. The first-order valence-corrected chi connectivity index (χ1v) is 10.4. The van der Waals surface area contributed by atoms with Crippen LogP contribution < -0.4 is 5.32 Å². The summed E-state index contributed by atoms with van der Waals surface area (Å²) in [4.78, 5) is 15.6. The molecule has 152 valence electrons. The topological polar surface area (TPSA) is 65.7 Å². The smallest absolute Gasteiger partial charge is 0.259 e. The van der Waals surface area contributed by atoms with Crippen molar-refractivity contribution in [1.82, 2.24) is 4.90 Å². The maximum atomic E-state index is 13.2. The van der Waals surface area contributed by atoms with Crippen molar-refractivity contribution in [1.29, 1.82) is 0 Å². The van der Waals surface area contributed by atoms with Crippen molar-refractivity contribution in [3.63, 3.8) is 0 Å². The van der Waals surface area contributed by atoms with E-state index in [0.29, 0.717) is 23.5 Å². The highest BCUT2D eigenvalue weighted by molar-refractivity contribution is 6.14. The average molecular weight is 392 g/mol. The number of nitrogens with zero attached hydrogens (tertiary/aromatic N) is 1. The molecule has 0 radical (unpaired) electrons. The van der Waals surface area contributed by atoms with E-state index in [1.54, 1.807) is 19.1 Å². The van der Waals surface area contributed by atoms with E-state index in [4.69, 9.17) is 4.42 Å². The van der Waals surface area contributed by atoms with E-state index in [9.17, 15) is 9.90 Å². The molecule has 5 heteroatoms. The number of phenolic OH excluding ortho intramolecular Hbond substituents is 1. The number of amides is 1. The van der Waals surface area contributed by atoms with E-state index >= 15 is 0 Å². The number of furan rings is 1. The number of benzene rings is 2. The molecule has 2 aromatic carbocycles. The molecule has 4 rings (SSSR count). The summed E-state index contributed by atoms with van der Waals surface area (Å²) >= 11 is 0. The molecule has 0 unspecified atom stereocenters. The Balaban J connectivity index is 1.74. The van der Waals surface area contributed by atoms with Crippen LogP contribution in [-0.4, -0.2) is 29.0 Å². The molecule has 0 bridgehead atoms. The zero-order valence-corrected chi connectivity index (χ0v) is 17.1. The molecule has 0 saturated carbocycles. The van der Waals surface area contributed by atoms with Crippen molar-refractivity contribution in [3.8, 4) is 5.75 Å². The van der Waals surface area contributed by atoms with E-state index in [1.165, 1.54) is 25.7 Å². The quantitative estimate of drug-likeness (QED) is 0.625. The highest BCUT2D eigenvalue weighted by Crippen LogP contribution is 2.35. The van der Waals surface area contributed by atoms with Gasteiger partial charge in [0.2, 0.25) is 0 Å². The average Bonchev–Trinajstić information content (AvgIpc) is 2.86. The third kappa shape index (κ3) is 4.01. The van der Waals surface area contributed by atoms with Crippen molar-refractivity contribution in [3.05, 3.63) is 58.8 Å². The van der Waals surface area contributed by atoms with Gasteiger partial charge in [-0.25, -0.2) is 0 Å². The first-order valence-electron chi connectivity index (χ1n) is 10.4. The van der Waals surface area contributed by atoms with Gasteiger partial charge in [0.25, 0.3) is 5.91 Å². The molecular formula is C24H28N2O3. The van der Waals surface area contributed by atoms with Gasteiger partial charge < -0.3 is 14.8 Å². The molecule has 1 aromatic heterocycles. The van der Waals surface area contributed by atoms with Crippen LogP contribution in [0.3, 0.4) is 0 Å². The summed E-state index contributed by atoms with van der Waals surface area (Å²) < 4.78 is 5.91. The SMILES string of the molecule is Cc1ccccc1NC(=O)c1c(C)oc2ccc(O)c(CN3CCCCCC3)c12. The molecule has 1 saturated heterocycles. The molecular weight excluding hydrogens is 364 g/mol. The van der Waals surface area contributed by atoms with Crippen LogP contribution in [0.4, 0.5) is 5.69 Å². The summed E-state index contributed by atoms with van der Waals surface area (Å²) in [6, 6.07) is 11.1. The number of carbonyl (C=O) groups excluding carboxylic acids is 1. The Morgan fingerprint density at radius 3 is 2.52 bits per heavy atom. The van der Waals surface area contributed by atoms with Gasteiger partial charge >= 0.3 is 0 Å². The van der Waals surface area contributed by atoms with Gasteiger partial charge in [-0.05, 0) is 63.5 Å². The van der Waals surface area contributed by atoms with Crippen LogP contribution in [0.25, 0.3) is 11.0 Å². The maximum absolute atomic E-state index is 13.2. The highest BCUT2D eigenvalue weighted by atomic mass is 16.3. The summed E-state index contributed by atoms with van der Waals surface area (Å²) in [6.07, 6.45) is 4.84. The fourth-order valence-electron chi connectivity index (χ4n) is 4.22. The van der Waals surface area contributed by atoms with Gasteiger partial charge in [0.1, 0.15) is 17.1 Å². The summed E-state index contributed by atoms with van der Waals surface area (Å²) in [6.45, 7) is 6.41. The third-order valence-electron chi connectivity index (χ3n) is 5.82. The van der Waals surface area contributed by atoms with Crippen molar-refractivity contribution in [2.75, 3.05) is 18.4 Å². The zero-order chi connectivity index (χ0) is 20.4. The monoisotopic (exact) mass is 392 g/mol. The lowest BCUT2D eigenvalue weighted by Gasteiger charge is -2.21. The Kier molecular flexibility index (Phi) is 5.58. The fourth-order valence-corrected chi connectivity index (χ4v) is 4.22. The number of aromatic hydroxyl groups is 1. The largest absolute Gasteiger partial charge is 0.508 e. The molecule has 1 aliphatic rings. The van der Waals surface area contributed by atoms with Crippen LogP contribution >= 0.6 is 0 Å². The molecule has 0 aliphatic carbocycles. The second-order valence-electron chi connectivity index (χ2n) is 7.93. The maximum Gasteiger partial charge on any atom is 0.259 e. The Morgan fingerprint density at radius 2 is 1.79 bits per heavy atom. The van der Waals surface area contributed by atoms with Gasteiger partial charge in [-0.15, -0.1) is 0 Å². The minimum absolute atomic E-state index is 0.210. The summed E-state index contributed by atoms with van der Waals surface area (Å²) in [5, 5.41) is 14.4. The van der Waals surface area contributed by atoms with Gasteiger partial charge in [0.15, 0.2) is 0 Å². The van der Waals surface area contributed by atoms with E-state index in [1.807, 2.05) is 31.2 Å². The predicted molar refractivity (Wildman–Crippen MR) is 115 cm³/mol. The highest BCUT2D eigenvalue weighted by Gasteiger charge is 2.24. The summed E-state index contributed by atoms with van der Waals surface area (Å²) in [5.41, 5.74) is 3.69. The number of hydrogen-bond acceptors (Lipinski definition) is 4. The minimum atomic E-state index is -0.210. The van der Waals surface area contributed by atoms with Gasteiger partial charge in [0.05, 0.1) is 5.56 Å². The van der Waals surface area contributed by atoms with E-state index in [-0.39, 0.29) is 11.7 Å². The lowest BCUT2D eigenvalue weighted by molar-refractivity contribution is 0.102. The van der Waals surface area contributed by atoms with Crippen LogP contribution in [0.5, 0.6) is 5.75 Å². The van der Waals surface area contributed by atoms with Gasteiger partial charge in [-0.2, -0.15) is 0 Å². The molecule has 5 nitrogen and oxygen atoms in total. The predicted octanol–water partition coefficient (Wildman–Crippen LogP) is 5.38. The van der Waals surface area contributed by atoms with Crippen molar-refractivity contribution in [2.45, 2.75) is 46.1 Å². The molecule has 0 atom stereocenters. The van der Waals surface area contributed by atoms with Crippen LogP contribution in [0.2, 0.25) is 0 Å². The Labute approximate surface area is 171 Å². The molecule has 3 aromatic rings. The van der Waals surface area contributed by atoms with E-state index < -0.39 is 0 Å². The first-order chi connectivity index (χ1) is 14.0. The van der Waals surface area contributed by atoms with Gasteiger partial charge in [0, 0.05) is 23.2 Å². The number of rotatable bonds is 4. The Bertz CT molecular complexity index is 1030. The lowest BCUT2D eigenvalue weighted by atomic mass is 10.0. The number of anilines is 1. The molecule has 29 heavy (non-hydrogen) atoms. The van der Waals surface area contributed by atoms with Crippen molar-refractivity contribution < 1.29 is 14.3 Å². The Hall–Kier alpha value is -2.79. The fraction of sp³-hybridized carbons (Fsp3) is 0.375. The van der Waals surface area contributed by atoms with Crippen LogP contribution in [0, 0.1) is 13.8 Å². The van der Waals surface area contributed by atoms with E-state index in [2.05, 4.69) is 10.2 Å². The van der Waals surface area contributed by atoms with Crippen molar-refractivity contribution >= 4 is 22.6 Å². The second-order valence-corrected chi connectivity index (χ2v) is 7.93. The first kappa shape index (κ1) is 19.5. The molecule has 1 aliphatic heterocycles. The number of fused-ring (bicyclic) bond motifs is 1. The minimum Gasteiger partial charge on any atom is -0.508 e. The summed E-state index contributed by atoms with van der Waals surface area (Å²) in [5.74, 6) is 0.569. The zero-order valence-electron chi connectivity index (χ0n) is 17.1. The number of likely N-dealkylation sites (tertiary alicyclic amines) is 1. The molecule has 2 heterocycles. The lowest BCUT2D eigenvalue weighted by Crippen LogP contribution is -2.24. The number of nitrogens with one attached hydrogen (secondary N) is 1. The number of aryl methyl sites for hydroxylation is 2. The normalized spacial score (nSPS) is 15.4. The molecule has 0 spiro atoms. The molecule has 1 amide bonds. The summed E-state index contributed by atoms with van der Waals surface area (Å²) in [7, 11) is 0. The van der Waals surface area contributed by atoms with Crippen molar-refractivity contribution in [2.24, 2.45) is 0 Å². The number of para-hydroxylation sites is 1. The molecule has 1 fully saturated rings. The third-order valence-corrected chi connectivity index (χ3v) is 5.82. The van der Waals surface area contributed by atoms with Gasteiger partial charge in [-0.1, -0.05) is 31.0 Å². The standard InChI is InChI=1S/C24H28N2O3/c1-16-9-5-6-10-19(16)25-24(28)22-17(2)29-21-12-11-20(27)18(23(21)22)15-26-13-7-3-4-8-14-26/h5-6,9-12,27H,3-4,7-8,13-15H2,1-2H3,(H,25,28). The van der Waals surface area contributed by atoms with Crippen LogP contribution in [0.15, 0.2) is 40.8 Å². The second kappa shape index (κ2) is 8.29. The number of hydrogen-bond donors (Lipinski definition) is 2. The van der Waals surface area contributed by atoms with Crippen LogP contribution in [0.1, 0.15) is 52.9 Å². The van der Waals surface area contributed by atoms with Gasteiger partial charge in [-0.3, -0.25) is 9.69 Å². The number of carbonyl (C=O) groups is 1.